The van der Waals surface area contributed by atoms with Gasteiger partial charge in [-0.15, -0.1) is 0 Å². The number of unbranched alkanes of at least 4 members (excludes halogenated alkanes) is 1. The van der Waals surface area contributed by atoms with Crippen LogP contribution >= 0.6 is 0 Å². The van der Waals surface area contributed by atoms with Gasteiger partial charge in [-0.25, -0.2) is 0 Å². The predicted molar refractivity (Wildman–Crippen MR) is 80.6 cm³/mol. The minimum atomic E-state index is 0.303. The van der Waals surface area contributed by atoms with Crippen molar-refractivity contribution in [2.24, 2.45) is 0 Å². The van der Waals surface area contributed by atoms with E-state index < -0.39 is 0 Å². The number of benzene rings is 1. The van der Waals surface area contributed by atoms with E-state index in [-0.39, 0.29) is 0 Å². The van der Waals surface area contributed by atoms with Gasteiger partial charge < -0.3 is 14.0 Å². The summed E-state index contributed by atoms with van der Waals surface area (Å²) in [6, 6.07) is 6.00. The van der Waals surface area contributed by atoms with Crippen LogP contribution in [-0.4, -0.2) is 28.9 Å². The normalized spacial score (nSPS) is 13.0. The first-order chi connectivity index (χ1) is 10.7. The average molecular weight is 303 g/mol. The topological polar surface area (TPSA) is 60.6 Å². The second-order valence-electron chi connectivity index (χ2n) is 5.57. The fourth-order valence-corrected chi connectivity index (χ4v) is 2.43. The van der Waals surface area contributed by atoms with Gasteiger partial charge in [0.05, 0.1) is 6.54 Å². The predicted octanol–water partition coefficient (Wildman–Crippen LogP) is 2.77. The van der Waals surface area contributed by atoms with Crippen LogP contribution in [0.15, 0.2) is 22.7 Å². The van der Waals surface area contributed by atoms with Gasteiger partial charge in [0.2, 0.25) is 12.7 Å². The maximum Gasteiger partial charge on any atom is 0.240 e. The van der Waals surface area contributed by atoms with E-state index in [1.54, 1.807) is 0 Å². The van der Waals surface area contributed by atoms with Crippen molar-refractivity contribution in [2.45, 2.75) is 39.3 Å². The molecular weight excluding hydrogens is 282 g/mol. The van der Waals surface area contributed by atoms with Gasteiger partial charge in [-0.1, -0.05) is 24.6 Å². The van der Waals surface area contributed by atoms with Gasteiger partial charge in [0.25, 0.3) is 0 Å². The summed E-state index contributed by atoms with van der Waals surface area (Å²) in [6.07, 6.45) is 3.10. The molecule has 0 saturated carbocycles. The number of ether oxygens (including phenoxy) is 2. The van der Waals surface area contributed by atoms with Gasteiger partial charge in [-0.2, -0.15) is 4.98 Å². The third-order valence-corrected chi connectivity index (χ3v) is 3.56. The molecule has 1 aromatic heterocycles. The standard InChI is InChI=1S/C16H21N3O3/c1-3-4-5-15-17-16(22-18-15)10-19(2)9-12-6-7-13-14(8-12)21-11-20-13/h6-8H,3-5,9-11H2,1-2H3. The lowest BCUT2D eigenvalue weighted by Gasteiger charge is -2.14. The highest BCUT2D eigenvalue weighted by Gasteiger charge is 2.14. The minimum Gasteiger partial charge on any atom is -0.454 e. The van der Waals surface area contributed by atoms with Crippen molar-refractivity contribution >= 4 is 0 Å². The first-order valence-corrected chi connectivity index (χ1v) is 7.63. The van der Waals surface area contributed by atoms with Crippen LogP contribution in [0.4, 0.5) is 0 Å². The third kappa shape index (κ3) is 3.57. The lowest BCUT2D eigenvalue weighted by molar-refractivity contribution is 0.174. The Morgan fingerprint density at radius 3 is 2.91 bits per heavy atom. The Hall–Kier alpha value is -2.08. The first-order valence-electron chi connectivity index (χ1n) is 7.63. The van der Waals surface area contributed by atoms with Gasteiger partial charge in [-0.3, -0.25) is 4.90 Å². The highest BCUT2D eigenvalue weighted by atomic mass is 16.7. The van der Waals surface area contributed by atoms with E-state index in [9.17, 15) is 0 Å². The van der Waals surface area contributed by atoms with Gasteiger partial charge in [0.15, 0.2) is 17.3 Å². The van der Waals surface area contributed by atoms with Crippen molar-refractivity contribution in [2.75, 3.05) is 13.8 Å². The molecule has 0 unspecified atom stereocenters. The summed E-state index contributed by atoms with van der Waals surface area (Å²) in [7, 11) is 2.03. The van der Waals surface area contributed by atoms with Gasteiger partial charge >= 0.3 is 0 Å². The van der Waals surface area contributed by atoms with Crippen LogP contribution in [0.3, 0.4) is 0 Å². The molecule has 1 aliphatic heterocycles. The molecule has 0 spiro atoms. The van der Waals surface area contributed by atoms with Crippen LogP contribution in [0.5, 0.6) is 11.5 Å². The van der Waals surface area contributed by atoms with Crippen molar-refractivity contribution in [3.05, 3.63) is 35.5 Å². The molecule has 0 N–H and O–H groups in total. The van der Waals surface area contributed by atoms with Crippen molar-refractivity contribution < 1.29 is 14.0 Å². The molecule has 118 valence electrons. The first kappa shape index (κ1) is 14.8. The van der Waals surface area contributed by atoms with Crippen LogP contribution in [0.1, 0.15) is 37.0 Å². The molecule has 0 amide bonds. The molecule has 1 aliphatic rings. The summed E-state index contributed by atoms with van der Waals surface area (Å²) < 4.78 is 16.0. The number of nitrogens with zero attached hydrogens (tertiary/aromatic N) is 3. The SMILES string of the molecule is CCCCc1noc(CN(C)Cc2ccc3c(c2)OCO3)n1. The van der Waals surface area contributed by atoms with Crippen LogP contribution in [0, 0.1) is 0 Å². The lowest BCUT2D eigenvalue weighted by atomic mass is 10.2. The van der Waals surface area contributed by atoms with E-state index in [1.807, 2.05) is 25.2 Å². The Balaban J connectivity index is 1.55. The van der Waals surface area contributed by atoms with E-state index in [4.69, 9.17) is 14.0 Å². The van der Waals surface area contributed by atoms with Gasteiger partial charge in [0, 0.05) is 13.0 Å². The maximum atomic E-state index is 5.40. The van der Waals surface area contributed by atoms with E-state index in [0.29, 0.717) is 19.2 Å². The van der Waals surface area contributed by atoms with E-state index in [0.717, 1.165) is 48.7 Å². The van der Waals surface area contributed by atoms with Crippen LogP contribution in [0.25, 0.3) is 0 Å². The summed E-state index contributed by atoms with van der Waals surface area (Å²) in [5.41, 5.74) is 1.16. The zero-order chi connectivity index (χ0) is 15.4. The monoisotopic (exact) mass is 303 g/mol. The molecule has 22 heavy (non-hydrogen) atoms. The van der Waals surface area contributed by atoms with Crippen LogP contribution < -0.4 is 9.47 Å². The number of hydrogen-bond acceptors (Lipinski definition) is 6. The Labute approximate surface area is 130 Å². The number of hydrogen-bond donors (Lipinski definition) is 0. The summed E-state index contributed by atoms with van der Waals surface area (Å²) in [6.45, 7) is 3.87. The lowest BCUT2D eigenvalue weighted by Crippen LogP contribution is -2.17. The Morgan fingerprint density at radius 2 is 2.05 bits per heavy atom. The van der Waals surface area contributed by atoms with E-state index >= 15 is 0 Å². The molecule has 0 aliphatic carbocycles. The van der Waals surface area contributed by atoms with Crippen LogP contribution in [0.2, 0.25) is 0 Å². The molecule has 1 aromatic carbocycles. The fraction of sp³-hybridized carbons (Fsp3) is 0.500. The van der Waals surface area contributed by atoms with Gasteiger partial charge in [0.1, 0.15) is 0 Å². The Bertz CT molecular complexity index is 627. The molecule has 6 nitrogen and oxygen atoms in total. The highest BCUT2D eigenvalue weighted by molar-refractivity contribution is 5.44. The molecule has 0 radical (unpaired) electrons. The summed E-state index contributed by atoms with van der Waals surface area (Å²) >= 11 is 0. The molecular formula is C16H21N3O3. The number of aryl methyl sites for hydroxylation is 1. The Kier molecular flexibility index (Phi) is 4.58. The van der Waals surface area contributed by atoms with Crippen molar-refractivity contribution in [3.63, 3.8) is 0 Å². The summed E-state index contributed by atoms with van der Waals surface area (Å²) in [5.74, 6) is 3.08. The zero-order valence-electron chi connectivity index (χ0n) is 13.0. The average Bonchev–Trinajstić information content (AvgIpc) is 3.13. The molecule has 0 saturated heterocycles. The second-order valence-corrected chi connectivity index (χ2v) is 5.57. The molecule has 0 bridgehead atoms. The molecule has 0 atom stereocenters. The third-order valence-electron chi connectivity index (χ3n) is 3.56. The molecule has 6 heteroatoms. The summed E-state index contributed by atoms with van der Waals surface area (Å²) in [4.78, 5) is 6.56. The van der Waals surface area contributed by atoms with Crippen LogP contribution in [-0.2, 0) is 19.5 Å². The highest BCUT2D eigenvalue weighted by Crippen LogP contribution is 2.32. The van der Waals surface area contributed by atoms with E-state index in [2.05, 4.69) is 22.0 Å². The molecule has 2 heterocycles. The van der Waals surface area contributed by atoms with Crippen molar-refractivity contribution in [1.29, 1.82) is 0 Å². The zero-order valence-corrected chi connectivity index (χ0v) is 13.0. The summed E-state index contributed by atoms with van der Waals surface area (Å²) in [5, 5.41) is 4.01. The molecule has 2 aromatic rings. The van der Waals surface area contributed by atoms with Gasteiger partial charge in [-0.05, 0) is 31.2 Å². The minimum absolute atomic E-state index is 0.303. The largest absolute Gasteiger partial charge is 0.454 e. The quantitative estimate of drug-likeness (QED) is 0.784. The fourth-order valence-electron chi connectivity index (χ4n) is 2.43. The van der Waals surface area contributed by atoms with E-state index in [1.165, 1.54) is 0 Å². The number of rotatable bonds is 7. The Morgan fingerprint density at radius 1 is 1.18 bits per heavy atom. The molecule has 3 rings (SSSR count). The maximum absolute atomic E-state index is 5.40. The molecule has 0 fully saturated rings. The number of aromatic nitrogens is 2. The smallest absolute Gasteiger partial charge is 0.240 e. The second kappa shape index (κ2) is 6.79. The number of fused-ring (bicyclic) bond motifs is 1. The van der Waals surface area contributed by atoms with Crippen molar-refractivity contribution in [3.8, 4) is 11.5 Å². The van der Waals surface area contributed by atoms with Crippen molar-refractivity contribution in [1.82, 2.24) is 15.0 Å².